The molecule has 1 saturated heterocycles. The molecule has 1 heterocycles. The molecule has 1 N–H and O–H groups in total. The normalized spacial score (nSPS) is 14.5. The van der Waals surface area contributed by atoms with Crippen LogP contribution in [0.2, 0.25) is 0 Å². The third-order valence-corrected chi connectivity index (χ3v) is 5.87. The van der Waals surface area contributed by atoms with Gasteiger partial charge >= 0.3 is 0 Å². The Morgan fingerprint density at radius 1 is 0.758 bits per heavy atom. The van der Waals surface area contributed by atoms with Gasteiger partial charge in [-0.25, -0.2) is 0 Å². The molecule has 0 saturated carbocycles. The van der Waals surface area contributed by atoms with Crippen LogP contribution in [0.5, 0.6) is 23.0 Å². The van der Waals surface area contributed by atoms with Crippen LogP contribution in [-0.4, -0.2) is 83.4 Å². The van der Waals surface area contributed by atoms with Gasteiger partial charge in [-0.05, 0) is 41.8 Å². The molecule has 8 nitrogen and oxygen atoms in total. The minimum absolute atomic E-state index is 0.0591. The van der Waals surface area contributed by atoms with Gasteiger partial charge in [0.1, 0.15) is 0 Å². The molecule has 8 heteroatoms. The molecule has 2 aromatic carbocycles. The van der Waals surface area contributed by atoms with Gasteiger partial charge in [-0.15, -0.1) is 0 Å². The number of hydrogen-bond acceptors (Lipinski definition) is 7. The second-order valence-electron chi connectivity index (χ2n) is 8.03. The molecule has 1 fully saturated rings. The fraction of sp³-hybridized carbons (Fsp3) is 0.480. The average Bonchev–Trinajstić information content (AvgIpc) is 2.85. The van der Waals surface area contributed by atoms with Crippen molar-refractivity contribution in [3.8, 4) is 23.0 Å². The van der Waals surface area contributed by atoms with Gasteiger partial charge in [0, 0.05) is 39.3 Å². The molecule has 1 aliphatic rings. The molecule has 180 valence electrons. The van der Waals surface area contributed by atoms with Crippen molar-refractivity contribution in [2.24, 2.45) is 0 Å². The Balaban J connectivity index is 1.38. The van der Waals surface area contributed by atoms with E-state index in [2.05, 4.69) is 21.2 Å². The van der Waals surface area contributed by atoms with E-state index < -0.39 is 0 Å². The number of hydrogen-bond donors (Lipinski definition) is 1. The van der Waals surface area contributed by atoms with Gasteiger partial charge in [-0.3, -0.25) is 14.6 Å². The first kappa shape index (κ1) is 24.7. The molecule has 33 heavy (non-hydrogen) atoms. The molecule has 0 aromatic heterocycles. The maximum Gasteiger partial charge on any atom is 0.234 e. The zero-order valence-electron chi connectivity index (χ0n) is 20.1. The molecular formula is C25H35N3O5. The van der Waals surface area contributed by atoms with Gasteiger partial charge < -0.3 is 24.3 Å². The summed E-state index contributed by atoms with van der Waals surface area (Å²) >= 11 is 0. The number of piperazine rings is 1. The quantitative estimate of drug-likeness (QED) is 0.555. The summed E-state index contributed by atoms with van der Waals surface area (Å²) in [6, 6.07) is 11.9. The number of methoxy groups -OCH3 is 4. The number of carbonyl (C=O) groups is 1. The summed E-state index contributed by atoms with van der Waals surface area (Å²) in [6.45, 7) is 5.46. The van der Waals surface area contributed by atoms with E-state index in [1.165, 1.54) is 5.56 Å². The smallest absolute Gasteiger partial charge is 0.234 e. The summed E-state index contributed by atoms with van der Waals surface area (Å²) in [4.78, 5) is 17.0. The maximum atomic E-state index is 12.4. The first-order valence-corrected chi connectivity index (χ1v) is 11.2. The van der Waals surface area contributed by atoms with Crippen LogP contribution in [0.3, 0.4) is 0 Å². The van der Waals surface area contributed by atoms with Gasteiger partial charge in [-0.1, -0.05) is 12.1 Å². The highest BCUT2D eigenvalue weighted by molar-refractivity contribution is 5.78. The monoisotopic (exact) mass is 457 g/mol. The summed E-state index contributed by atoms with van der Waals surface area (Å²) in [5.74, 6) is 2.95. The third kappa shape index (κ3) is 7.00. The lowest BCUT2D eigenvalue weighted by atomic mass is 10.1. The fourth-order valence-corrected chi connectivity index (χ4v) is 3.98. The highest BCUT2D eigenvalue weighted by Crippen LogP contribution is 2.28. The van der Waals surface area contributed by atoms with E-state index in [4.69, 9.17) is 18.9 Å². The lowest BCUT2D eigenvalue weighted by Crippen LogP contribution is -2.49. The van der Waals surface area contributed by atoms with Crippen molar-refractivity contribution in [1.82, 2.24) is 15.1 Å². The van der Waals surface area contributed by atoms with E-state index in [0.29, 0.717) is 24.6 Å². The Hall–Kier alpha value is -2.97. The van der Waals surface area contributed by atoms with Crippen LogP contribution in [0.1, 0.15) is 11.1 Å². The number of nitrogens with zero attached hydrogens (tertiary/aromatic N) is 2. The van der Waals surface area contributed by atoms with Gasteiger partial charge in [0.05, 0.1) is 35.0 Å². The Bertz CT molecular complexity index is 913. The molecule has 0 unspecified atom stereocenters. The zero-order chi connectivity index (χ0) is 23.6. The Kier molecular flexibility index (Phi) is 9.21. The fourth-order valence-electron chi connectivity index (χ4n) is 3.98. The van der Waals surface area contributed by atoms with Crippen molar-refractivity contribution in [1.29, 1.82) is 0 Å². The summed E-state index contributed by atoms with van der Waals surface area (Å²) < 4.78 is 21.3. The second-order valence-corrected chi connectivity index (χ2v) is 8.03. The van der Waals surface area contributed by atoms with Gasteiger partial charge in [-0.2, -0.15) is 0 Å². The molecule has 0 spiro atoms. The molecule has 0 radical (unpaired) electrons. The Morgan fingerprint density at radius 3 is 1.85 bits per heavy atom. The first-order chi connectivity index (χ1) is 16.1. The summed E-state index contributed by atoms with van der Waals surface area (Å²) in [7, 11) is 6.53. The lowest BCUT2D eigenvalue weighted by Gasteiger charge is -2.34. The van der Waals surface area contributed by atoms with E-state index in [1.807, 2.05) is 30.3 Å². The van der Waals surface area contributed by atoms with Crippen molar-refractivity contribution in [3.63, 3.8) is 0 Å². The Morgan fingerprint density at radius 2 is 1.27 bits per heavy atom. The van der Waals surface area contributed by atoms with Crippen molar-refractivity contribution in [2.45, 2.75) is 13.0 Å². The lowest BCUT2D eigenvalue weighted by molar-refractivity contribution is -0.122. The van der Waals surface area contributed by atoms with E-state index in [0.717, 1.165) is 56.2 Å². The van der Waals surface area contributed by atoms with Crippen molar-refractivity contribution in [2.75, 3.05) is 67.7 Å². The molecule has 3 rings (SSSR count). The van der Waals surface area contributed by atoms with Gasteiger partial charge in [0.25, 0.3) is 0 Å². The van der Waals surface area contributed by atoms with E-state index in [1.54, 1.807) is 28.4 Å². The van der Waals surface area contributed by atoms with Crippen LogP contribution in [0.25, 0.3) is 0 Å². The summed E-state index contributed by atoms with van der Waals surface area (Å²) in [6.07, 6.45) is 0.741. The van der Waals surface area contributed by atoms with Crippen molar-refractivity contribution < 1.29 is 23.7 Å². The second kappa shape index (κ2) is 12.3. The molecule has 0 atom stereocenters. The molecule has 1 aliphatic heterocycles. The van der Waals surface area contributed by atoms with Gasteiger partial charge in [0.15, 0.2) is 23.0 Å². The number of rotatable bonds is 11. The predicted octanol–water partition coefficient (Wildman–Crippen LogP) is 2.20. The largest absolute Gasteiger partial charge is 0.493 e. The standard InChI is InChI=1S/C25H35N3O5/c1-30-21-7-5-19(15-23(21)32-3)9-10-26-25(29)18-28-13-11-27(12-14-28)17-20-6-8-22(31-2)24(16-20)33-4/h5-8,15-16H,9-14,17-18H2,1-4H3,(H,26,29). The topological polar surface area (TPSA) is 72.5 Å². The van der Waals surface area contributed by atoms with E-state index in [-0.39, 0.29) is 5.91 Å². The number of carbonyl (C=O) groups excluding carboxylic acids is 1. The zero-order valence-corrected chi connectivity index (χ0v) is 20.1. The number of ether oxygens (including phenoxy) is 4. The van der Waals surface area contributed by atoms with Crippen LogP contribution >= 0.6 is 0 Å². The predicted molar refractivity (Wildman–Crippen MR) is 128 cm³/mol. The highest BCUT2D eigenvalue weighted by atomic mass is 16.5. The van der Waals surface area contributed by atoms with Crippen LogP contribution < -0.4 is 24.3 Å². The molecule has 2 aromatic rings. The Labute approximate surface area is 196 Å². The van der Waals surface area contributed by atoms with Crippen LogP contribution in [-0.2, 0) is 17.8 Å². The van der Waals surface area contributed by atoms with Crippen molar-refractivity contribution in [3.05, 3.63) is 47.5 Å². The average molecular weight is 458 g/mol. The van der Waals surface area contributed by atoms with Gasteiger partial charge in [0.2, 0.25) is 5.91 Å². The SMILES string of the molecule is COc1ccc(CCNC(=O)CN2CCN(Cc3ccc(OC)c(OC)c3)CC2)cc1OC. The minimum Gasteiger partial charge on any atom is -0.493 e. The van der Waals surface area contributed by atoms with E-state index >= 15 is 0 Å². The third-order valence-electron chi connectivity index (χ3n) is 5.87. The highest BCUT2D eigenvalue weighted by Gasteiger charge is 2.19. The van der Waals surface area contributed by atoms with Crippen LogP contribution in [0.4, 0.5) is 0 Å². The van der Waals surface area contributed by atoms with E-state index in [9.17, 15) is 4.79 Å². The molecular weight excluding hydrogens is 422 g/mol. The van der Waals surface area contributed by atoms with Crippen molar-refractivity contribution >= 4 is 5.91 Å². The molecule has 1 amide bonds. The van der Waals surface area contributed by atoms with Crippen LogP contribution in [0.15, 0.2) is 36.4 Å². The summed E-state index contributed by atoms with van der Waals surface area (Å²) in [5, 5.41) is 3.03. The van der Waals surface area contributed by atoms with Crippen LogP contribution in [0, 0.1) is 0 Å². The molecule has 0 aliphatic carbocycles. The number of nitrogens with one attached hydrogen (secondary N) is 1. The summed E-state index contributed by atoms with van der Waals surface area (Å²) in [5.41, 5.74) is 2.28. The molecule has 0 bridgehead atoms. The first-order valence-electron chi connectivity index (χ1n) is 11.2. The number of amides is 1. The minimum atomic E-state index is 0.0591. The number of benzene rings is 2. The maximum absolute atomic E-state index is 12.4.